The molecule has 0 saturated carbocycles. The van der Waals surface area contributed by atoms with E-state index in [0.717, 1.165) is 12.8 Å². The van der Waals surface area contributed by atoms with Gasteiger partial charge in [-0.05, 0) is 25.7 Å². The minimum absolute atomic E-state index is 0.509. The molecule has 2 unspecified atom stereocenters. The second-order valence-corrected chi connectivity index (χ2v) is 2.76. The van der Waals surface area contributed by atoms with E-state index >= 15 is 0 Å². The van der Waals surface area contributed by atoms with Crippen molar-refractivity contribution in [2.45, 2.75) is 37.9 Å². The van der Waals surface area contributed by atoms with Crippen LogP contribution in [0.1, 0.15) is 25.7 Å². The molecule has 2 heteroatoms. The normalized spacial score (nSPS) is 35.0. The average molecular weight is 142 g/mol. The molecule has 1 aliphatic carbocycles. The Morgan fingerprint density at radius 1 is 0.900 bits per heavy atom. The number of aliphatic hydroxyl groups excluding tert-OH is 2. The molecule has 2 nitrogen and oxygen atoms in total. The minimum Gasteiger partial charge on any atom is -0.390 e. The maximum atomic E-state index is 9.20. The van der Waals surface area contributed by atoms with Crippen molar-refractivity contribution in [3.63, 3.8) is 0 Å². The molecule has 58 valence electrons. The van der Waals surface area contributed by atoms with Gasteiger partial charge in [-0.15, -0.1) is 0 Å². The van der Waals surface area contributed by atoms with Gasteiger partial charge in [0.15, 0.2) is 0 Å². The predicted octanol–water partition coefficient (Wildman–Crippen LogP) is 0.838. The van der Waals surface area contributed by atoms with Crippen molar-refractivity contribution in [2.75, 3.05) is 0 Å². The van der Waals surface area contributed by atoms with Crippen molar-refractivity contribution in [3.8, 4) is 0 Å². The van der Waals surface area contributed by atoms with E-state index in [2.05, 4.69) is 12.2 Å². The molecular formula is C8H14O2. The van der Waals surface area contributed by atoms with E-state index in [1.54, 1.807) is 0 Å². The van der Waals surface area contributed by atoms with E-state index in [1.165, 1.54) is 0 Å². The molecule has 0 radical (unpaired) electrons. The highest BCUT2D eigenvalue weighted by molar-refractivity contribution is 4.87. The van der Waals surface area contributed by atoms with E-state index in [9.17, 15) is 10.2 Å². The molecule has 1 rings (SSSR count). The predicted molar refractivity (Wildman–Crippen MR) is 39.6 cm³/mol. The SMILES string of the molecule is OC1CCC=CCCC1O. The van der Waals surface area contributed by atoms with Gasteiger partial charge in [-0.1, -0.05) is 12.2 Å². The zero-order valence-electron chi connectivity index (χ0n) is 6.03. The lowest BCUT2D eigenvalue weighted by atomic mass is 10.0. The molecule has 0 aromatic carbocycles. The molecule has 0 saturated heterocycles. The van der Waals surface area contributed by atoms with Crippen LogP contribution in [0.15, 0.2) is 12.2 Å². The van der Waals surface area contributed by atoms with Crippen LogP contribution in [0, 0.1) is 0 Å². The molecule has 0 aromatic rings. The first-order valence-corrected chi connectivity index (χ1v) is 3.82. The first kappa shape index (κ1) is 7.76. The third-order valence-corrected chi connectivity index (χ3v) is 1.87. The summed E-state index contributed by atoms with van der Waals surface area (Å²) in [5.41, 5.74) is 0. The highest BCUT2D eigenvalue weighted by atomic mass is 16.3. The second-order valence-electron chi connectivity index (χ2n) is 2.76. The van der Waals surface area contributed by atoms with E-state index in [0.29, 0.717) is 12.8 Å². The van der Waals surface area contributed by atoms with Crippen LogP contribution in [0.4, 0.5) is 0 Å². The zero-order chi connectivity index (χ0) is 7.40. The summed E-state index contributed by atoms with van der Waals surface area (Å²) in [7, 11) is 0. The van der Waals surface area contributed by atoms with Crippen molar-refractivity contribution >= 4 is 0 Å². The zero-order valence-corrected chi connectivity index (χ0v) is 6.03. The van der Waals surface area contributed by atoms with E-state index in [4.69, 9.17) is 0 Å². The Hall–Kier alpha value is -0.340. The van der Waals surface area contributed by atoms with Gasteiger partial charge < -0.3 is 10.2 Å². The first-order chi connectivity index (χ1) is 4.80. The fraction of sp³-hybridized carbons (Fsp3) is 0.750. The van der Waals surface area contributed by atoms with Gasteiger partial charge in [0.2, 0.25) is 0 Å². The first-order valence-electron chi connectivity index (χ1n) is 3.82. The Morgan fingerprint density at radius 2 is 1.30 bits per heavy atom. The second kappa shape index (κ2) is 3.74. The van der Waals surface area contributed by atoms with Crippen LogP contribution in [0.5, 0.6) is 0 Å². The molecular weight excluding hydrogens is 128 g/mol. The summed E-state index contributed by atoms with van der Waals surface area (Å²) < 4.78 is 0. The van der Waals surface area contributed by atoms with Crippen LogP contribution in [0.3, 0.4) is 0 Å². The fourth-order valence-corrected chi connectivity index (χ4v) is 1.15. The standard InChI is InChI=1S/C8H14O2/c9-7-5-3-1-2-4-6-8(7)10/h1-2,7-10H,3-6H2. The molecule has 0 spiro atoms. The molecule has 0 aromatic heterocycles. The summed E-state index contributed by atoms with van der Waals surface area (Å²) in [5, 5.41) is 18.4. The number of allylic oxidation sites excluding steroid dienone is 2. The van der Waals surface area contributed by atoms with Gasteiger partial charge >= 0.3 is 0 Å². The summed E-state index contributed by atoms with van der Waals surface area (Å²) in [6, 6.07) is 0. The Kier molecular flexibility index (Phi) is 2.90. The Morgan fingerprint density at radius 3 is 1.70 bits per heavy atom. The molecule has 0 bridgehead atoms. The van der Waals surface area contributed by atoms with Crippen LogP contribution in [0.25, 0.3) is 0 Å². The Bertz CT molecular complexity index is 106. The number of hydrogen-bond donors (Lipinski definition) is 2. The lowest BCUT2D eigenvalue weighted by Crippen LogP contribution is -2.25. The smallest absolute Gasteiger partial charge is 0.0802 e. The maximum Gasteiger partial charge on any atom is 0.0802 e. The third kappa shape index (κ3) is 2.12. The van der Waals surface area contributed by atoms with Gasteiger partial charge in [0.1, 0.15) is 0 Å². The summed E-state index contributed by atoms with van der Waals surface area (Å²) in [6.45, 7) is 0. The van der Waals surface area contributed by atoms with Gasteiger partial charge in [-0.2, -0.15) is 0 Å². The highest BCUT2D eigenvalue weighted by Crippen LogP contribution is 2.12. The van der Waals surface area contributed by atoms with Crippen LogP contribution >= 0.6 is 0 Å². The number of rotatable bonds is 0. The maximum absolute atomic E-state index is 9.20. The average Bonchev–Trinajstić information content (AvgIpc) is 1.92. The summed E-state index contributed by atoms with van der Waals surface area (Å²) >= 11 is 0. The minimum atomic E-state index is -0.509. The van der Waals surface area contributed by atoms with Gasteiger partial charge in [0.05, 0.1) is 12.2 Å². The van der Waals surface area contributed by atoms with Crippen molar-refractivity contribution in [2.24, 2.45) is 0 Å². The quantitative estimate of drug-likeness (QED) is 0.492. The molecule has 0 heterocycles. The summed E-state index contributed by atoms with van der Waals surface area (Å²) in [6.07, 6.45) is 6.27. The largest absolute Gasteiger partial charge is 0.390 e. The van der Waals surface area contributed by atoms with Crippen LogP contribution < -0.4 is 0 Å². The van der Waals surface area contributed by atoms with E-state index in [-0.39, 0.29) is 0 Å². The van der Waals surface area contributed by atoms with Gasteiger partial charge in [0, 0.05) is 0 Å². The number of hydrogen-bond acceptors (Lipinski definition) is 2. The summed E-state index contributed by atoms with van der Waals surface area (Å²) in [4.78, 5) is 0. The Labute approximate surface area is 61.2 Å². The molecule has 2 atom stereocenters. The Balaban J connectivity index is 2.40. The van der Waals surface area contributed by atoms with Crippen LogP contribution in [0.2, 0.25) is 0 Å². The van der Waals surface area contributed by atoms with Crippen molar-refractivity contribution < 1.29 is 10.2 Å². The van der Waals surface area contributed by atoms with E-state index in [1.807, 2.05) is 0 Å². The van der Waals surface area contributed by atoms with Gasteiger partial charge in [-0.3, -0.25) is 0 Å². The van der Waals surface area contributed by atoms with Crippen molar-refractivity contribution in [1.82, 2.24) is 0 Å². The molecule has 0 fully saturated rings. The van der Waals surface area contributed by atoms with Crippen molar-refractivity contribution in [1.29, 1.82) is 0 Å². The summed E-state index contributed by atoms with van der Waals surface area (Å²) in [5.74, 6) is 0. The van der Waals surface area contributed by atoms with Gasteiger partial charge in [-0.25, -0.2) is 0 Å². The fourth-order valence-electron chi connectivity index (χ4n) is 1.15. The number of aliphatic hydroxyl groups is 2. The molecule has 2 N–H and O–H groups in total. The lowest BCUT2D eigenvalue weighted by molar-refractivity contribution is 0.0101. The topological polar surface area (TPSA) is 40.5 Å². The molecule has 0 aliphatic heterocycles. The van der Waals surface area contributed by atoms with Crippen molar-refractivity contribution in [3.05, 3.63) is 12.2 Å². The highest BCUT2D eigenvalue weighted by Gasteiger charge is 2.15. The van der Waals surface area contributed by atoms with E-state index < -0.39 is 12.2 Å². The van der Waals surface area contributed by atoms with Gasteiger partial charge in [0.25, 0.3) is 0 Å². The molecule has 10 heavy (non-hydrogen) atoms. The molecule has 1 aliphatic rings. The molecule has 0 amide bonds. The lowest BCUT2D eigenvalue weighted by Gasteiger charge is -2.17. The monoisotopic (exact) mass is 142 g/mol. The van der Waals surface area contributed by atoms with Crippen LogP contribution in [-0.4, -0.2) is 22.4 Å². The third-order valence-electron chi connectivity index (χ3n) is 1.87. The van der Waals surface area contributed by atoms with Crippen LogP contribution in [-0.2, 0) is 0 Å².